The van der Waals surface area contributed by atoms with Gasteiger partial charge in [0.2, 0.25) is 0 Å². The highest BCUT2D eigenvalue weighted by atomic mass is 79.9. The maximum atomic E-state index is 6.08. The molecule has 1 unspecified atom stereocenters. The summed E-state index contributed by atoms with van der Waals surface area (Å²) in [5.41, 5.74) is 8.50. The minimum absolute atomic E-state index is 0.0852. The molecule has 0 bridgehead atoms. The summed E-state index contributed by atoms with van der Waals surface area (Å²) >= 11 is 3.48. The van der Waals surface area contributed by atoms with Crippen molar-refractivity contribution in [1.82, 2.24) is 0 Å². The Hall–Kier alpha value is -0.780. The molecule has 15 heavy (non-hydrogen) atoms. The Balaban J connectivity index is 2.71. The summed E-state index contributed by atoms with van der Waals surface area (Å²) in [5.74, 6) is 5.92. The van der Waals surface area contributed by atoms with Gasteiger partial charge >= 0.3 is 0 Å². The maximum Gasteiger partial charge on any atom is 0.0304 e. The first-order valence-corrected chi connectivity index (χ1v) is 5.85. The van der Waals surface area contributed by atoms with E-state index in [-0.39, 0.29) is 6.04 Å². The summed E-state index contributed by atoms with van der Waals surface area (Å²) in [6.45, 7) is 3.93. The van der Waals surface area contributed by atoms with Crippen molar-refractivity contribution < 1.29 is 0 Å². The van der Waals surface area contributed by atoms with Crippen LogP contribution in [0.5, 0.6) is 0 Å². The zero-order valence-electron chi connectivity index (χ0n) is 9.18. The predicted molar refractivity (Wildman–Crippen MR) is 68.5 cm³/mol. The van der Waals surface area contributed by atoms with Crippen LogP contribution in [0.3, 0.4) is 0 Å². The lowest BCUT2D eigenvalue weighted by atomic mass is 10.0. The first kappa shape index (κ1) is 12.3. The molecule has 0 fully saturated rings. The standard InChI is InChI=1S/C13H16BrN/c1-3-4-5-6-13(15)11-7-10(2)8-12(14)9-11/h7-9,13H,5-6,15H2,1-2H3. The van der Waals surface area contributed by atoms with Gasteiger partial charge in [0.25, 0.3) is 0 Å². The second kappa shape index (κ2) is 5.95. The molecular formula is C13H16BrN. The fraction of sp³-hybridized carbons (Fsp3) is 0.385. The molecule has 80 valence electrons. The molecule has 0 aliphatic rings. The van der Waals surface area contributed by atoms with E-state index in [1.807, 2.05) is 6.92 Å². The van der Waals surface area contributed by atoms with Gasteiger partial charge in [-0.25, -0.2) is 0 Å². The van der Waals surface area contributed by atoms with Crippen molar-refractivity contribution in [3.63, 3.8) is 0 Å². The van der Waals surface area contributed by atoms with Gasteiger partial charge in [0, 0.05) is 16.9 Å². The summed E-state index contributed by atoms with van der Waals surface area (Å²) in [6, 6.07) is 6.38. The van der Waals surface area contributed by atoms with Gasteiger partial charge in [-0.3, -0.25) is 0 Å². The molecule has 0 aliphatic heterocycles. The molecule has 0 saturated heterocycles. The molecule has 1 aromatic carbocycles. The third-order valence-corrected chi connectivity index (χ3v) is 2.71. The lowest BCUT2D eigenvalue weighted by molar-refractivity contribution is 0.667. The highest BCUT2D eigenvalue weighted by Crippen LogP contribution is 2.21. The Morgan fingerprint density at radius 3 is 2.73 bits per heavy atom. The third kappa shape index (κ3) is 4.07. The van der Waals surface area contributed by atoms with Gasteiger partial charge in [0.05, 0.1) is 0 Å². The number of nitrogens with two attached hydrogens (primary N) is 1. The van der Waals surface area contributed by atoms with Crippen LogP contribution in [0.1, 0.15) is 36.9 Å². The van der Waals surface area contributed by atoms with Crippen molar-refractivity contribution in [3.05, 3.63) is 33.8 Å². The number of rotatable bonds is 3. The predicted octanol–water partition coefficient (Wildman–Crippen LogP) is 3.56. The van der Waals surface area contributed by atoms with Crippen molar-refractivity contribution >= 4 is 15.9 Å². The van der Waals surface area contributed by atoms with Crippen molar-refractivity contribution in [1.29, 1.82) is 0 Å². The second-order valence-corrected chi connectivity index (χ2v) is 4.55. The topological polar surface area (TPSA) is 26.0 Å². The van der Waals surface area contributed by atoms with Crippen LogP contribution >= 0.6 is 15.9 Å². The Kier molecular flexibility index (Phi) is 4.87. The zero-order valence-corrected chi connectivity index (χ0v) is 10.8. The highest BCUT2D eigenvalue weighted by molar-refractivity contribution is 9.10. The molecule has 0 spiro atoms. The Labute approximate surface area is 100 Å². The fourth-order valence-electron chi connectivity index (χ4n) is 1.50. The smallest absolute Gasteiger partial charge is 0.0304 e. The first-order chi connectivity index (χ1) is 7.13. The van der Waals surface area contributed by atoms with Crippen LogP contribution < -0.4 is 5.73 Å². The number of hydrogen-bond acceptors (Lipinski definition) is 1. The first-order valence-electron chi connectivity index (χ1n) is 5.05. The van der Waals surface area contributed by atoms with Crippen LogP contribution in [0.4, 0.5) is 0 Å². The van der Waals surface area contributed by atoms with Crippen LogP contribution in [-0.4, -0.2) is 0 Å². The maximum absolute atomic E-state index is 6.08. The van der Waals surface area contributed by atoms with E-state index in [2.05, 4.69) is 52.9 Å². The molecule has 1 nitrogen and oxygen atoms in total. The van der Waals surface area contributed by atoms with Crippen LogP contribution in [0.2, 0.25) is 0 Å². The van der Waals surface area contributed by atoms with E-state index in [0.717, 1.165) is 17.3 Å². The van der Waals surface area contributed by atoms with E-state index in [9.17, 15) is 0 Å². The van der Waals surface area contributed by atoms with E-state index in [4.69, 9.17) is 5.73 Å². The third-order valence-electron chi connectivity index (χ3n) is 2.25. The van der Waals surface area contributed by atoms with E-state index in [1.54, 1.807) is 0 Å². The van der Waals surface area contributed by atoms with Gasteiger partial charge in [-0.2, -0.15) is 0 Å². The zero-order chi connectivity index (χ0) is 11.3. The molecular weight excluding hydrogens is 250 g/mol. The molecule has 0 amide bonds. The molecule has 1 aromatic rings. The van der Waals surface area contributed by atoms with E-state index < -0.39 is 0 Å². The van der Waals surface area contributed by atoms with Crippen molar-refractivity contribution in [2.75, 3.05) is 0 Å². The van der Waals surface area contributed by atoms with E-state index in [1.165, 1.54) is 11.1 Å². The summed E-state index contributed by atoms with van der Waals surface area (Å²) in [5, 5.41) is 0. The average molecular weight is 266 g/mol. The van der Waals surface area contributed by atoms with Gasteiger partial charge in [0.1, 0.15) is 0 Å². The van der Waals surface area contributed by atoms with Crippen molar-refractivity contribution in [3.8, 4) is 11.8 Å². The molecule has 0 aliphatic carbocycles. The molecule has 1 rings (SSSR count). The number of benzene rings is 1. The van der Waals surface area contributed by atoms with Gasteiger partial charge in [-0.1, -0.05) is 22.0 Å². The van der Waals surface area contributed by atoms with Gasteiger partial charge in [-0.05, 0) is 43.5 Å². The molecule has 2 N–H and O–H groups in total. The highest BCUT2D eigenvalue weighted by Gasteiger charge is 2.06. The largest absolute Gasteiger partial charge is 0.324 e. The van der Waals surface area contributed by atoms with Gasteiger partial charge in [-0.15, -0.1) is 11.8 Å². The lowest BCUT2D eigenvalue weighted by Crippen LogP contribution is -2.10. The minimum atomic E-state index is 0.0852. The van der Waals surface area contributed by atoms with Crippen molar-refractivity contribution in [2.45, 2.75) is 32.7 Å². The molecule has 2 heteroatoms. The summed E-state index contributed by atoms with van der Waals surface area (Å²) in [7, 11) is 0. The SMILES string of the molecule is CC#CCCC(N)c1cc(C)cc(Br)c1. The fourth-order valence-corrected chi connectivity index (χ4v) is 2.12. The molecule has 0 saturated carbocycles. The van der Waals surface area contributed by atoms with Crippen LogP contribution in [0.15, 0.2) is 22.7 Å². The normalized spacial score (nSPS) is 11.7. The Morgan fingerprint density at radius 2 is 2.13 bits per heavy atom. The summed E-state index contributed by atoms with van der Waals surface area (Å²) < 4.78 is 1.09. The quantitative estimate of drug-likeness (QED) is 0.832. The number of halogens is 1. The van der Waals surface area contributed by atoms with Crippen LogP contribution in [0, 0.1) is 18.8 Å². The average Bonchev–Trinajstić information content (AvgIpc) is 2.16. The molecule has 0 radical (unpaired) electrons. The van der Waals surface area contributed by atoms with Gasteiger partial charge < -0.3 is 5.73 Å². The monoisotopic (exact) mass is 265 g/mol. The lowest BCUT2D eigenvalue weighted by Gasteiger charge is -2.11. The molecule has 1 atom stereocenters. The Morgan fingerprint density at radius 1 is 1.40 bits per heavy atom. The number of aryl methyl sites for hydroxylation is 1. The van der Waals surface area contributed by atoms with E-state index in [0.29, 0.717) is 0 Å². The van der Waals surface area contributed by atoms with Gasteiger partial charge in [0.15, 0.2) is 0 Å². The van der Waals surface area contributed by atoms with Crippen LogP contribution in [-0.2, 0) is 0 Å². The number of hydrogen-bond donors (Lipinski definition) is 1. The van der Waals surface area contributed by atoms with E-state index >= 15 is 0 Å². The van der Waals surface area contributed by atoms with Crippen LogP contribution in [0.25, 0.3) is 0 Å². The van der Waals surface area contributed by atoms with Crippen molar-refractivity contribution in [2.24, 2.45) is 5.73 Å². The summed E-state index contributed by atoms with van der Waals surface area (Å²) in [4.78, 5) is 0. The summed E-state index contributed by atoms with van der Waals surface area (Å²) in [6.07, 6.45) is 1.78. The Bertz CT molecular complexity index is 367. The minimum Gasteiger partial charge on any atom is -0.324 e. The second-order valence-electron chi connectivity index (χ2n) is 3.63. The molecule has 0 heterocycles. The molecule has 0 aromatic heterocycles.